The summed E-state index contributed by atoms with van der Waals surface area (Å²) in [4.78, 5) is 24.9. The average Bonchev–Trinajstić information content (AvgIpc) is 1.93. The van der Waals surface area contributed by atoms with E-state index in [0.717, 1.165) is 4.57 Å². The van der Waals surface area contributed by atoms with Crippen LogP contribution in [0, 0.1) is 0 Å². The zero-order valence-corrected chi connectivity index (χ0v) is 5.74. The van der Waals surface area contributed by atoms with Crippen molar-refractivity contribution >= 4 is 0 Å². The molecule has 0 spiro atoms. The van der Waals surface area contributed by atoms with Gasteiger partial charge < -0.3 is 0 Å². The van der Waals surface area contributed by atoms with E-state index >= 15 is 0 Å². The summed E-state index contributed by atoms with van der Waals surface area (Å²) in [5.74, 6) is 0. The number of aromatic nitrogens is 3. The van der Waals surface area contributed by atoms with Crippen molar-refractivity contribution in [2.24, 2.45) is 14.1 Å². The van der Waals surface area contributed by atoms with Gasteiger partial charge in [0.05, 0.1) is 0 Å². The largest absolute Gasteiger partial charge is 0.352 e. The Morgan fingerprint density at radius 3 is 2.50 bits per heavy atom. The van der Waals surface area contributed by atoms with E-state index in [-0.39, 0.29) is 5.69 Å². The lowest BCUT2D eigenvalue weighted by atomic mass is 10.9. The summed E-state index contributed by atoms with van der Waals surface area (Å²) < 4.78 is 2.18. The first-order valence-corrected chi connectivity index (χ1v) is 2.71. The van der Waals surface area contributed by atoms with Crippen LogP contribution >= 0.6 is 0 Å². The average molecular weight is 141 g/mol. The van der Waals surface area contributed by atoms with E-state index in [4.69, 9.17) is 0 Å². The van der Waals surface area contributed by atoms with Crippen LogP contribution in [0.15, 0.2) is 15.9 Å². The van der Waals surface area contributed by atoms with Gasteiger partial charge in [-0.2, -0.15) is 4.98 Å². The van der Waals surface area contributed by atoms with Gasteiger partial charge in [0.2, 0.25) is 0 Å². The predicted molar refractivity (Wildman–Crippen MR) is 34.7 cm³/mol. The van der Waals surface area contributed by atoms with E-state index in [1.807, 2.05) is 0 Å². The molecule has 54 valence electrons. The summed E-state index contributed by atoms with van der Waals surface area (Å²) in [7, 11) is 2.92. The summed E-state index contributed by atoms with van der Waals surface area (Å²) >= 11 is 0. The number of nitrogens with zero attached hydrogens (tertiary/aromatic N) is 3. The molecule has 1 aromatic heterocycles. The molecule has 0 aliphatic heterocycles. The van der Waals surface area contributed by atoms with Gasteiger partial charge in [-0.25, -0.2) is 14.2 Å². The zero-order valence-electron chi connectivity index (χ0n) is 5.74. The number of hydrogen-bond donors (Lipinski definition) is 0. The van der Waals surface area contributed by atoms with E-state index in [9.17, 15) is 9.59 Å². The van der Waals surface area contributed by atoms with Gasteiger partial charge in [0, 0.05) is 14.1 Å². The lowest BCUT2D eigenvalue weighted by Crippen LogP contribution is -2.37. The number of rotatable bonds is 0. The zero-order chi connectivity index (χ0) is 7.72. The summed E-state index contributed by atoms with van der Waals surface area (Å²) in [6.07, 6.45) is 1.20. The van der Waals surface area contributed by atoms with Crippen LogP contribution in [0.1, 0.15) is 0 Å². The first kappa shape index (κ1) is 6.73. The Morgan fingerprint density at radius 1 is 1.40 bits per heavy atom. The SMILES string of the molecule is Cn1cnc(=O)n(C)c1=O. The second-order valence-corrected chi connectivity index (χ2v) is 1.98. The summed E-state index contributed by atoms with van der Waals surface area (Å²) in [5, 5.41) is 0. The maximum Gasteiger partial charge on any atom is 0.352 e. The van der Waals surface area contributed by atoms with Gasteiger partial charge in [0.25, 0.3) is 0 Å². The second-order valence-electron chi connectivity index (χ2n) is 1.98. The lowest BCUT2D eigenvalue weighted by molar-refractivity contribution is 0.644. The highest BCUT2D eigenvalue weighted by Crippen LogP contribution is 1.60. The van der Waals surface area contributed by atoms with E-state index in [1.165, 1.54) is 25.0 Å². The van der Waals surface area contributed by atoms with Crippen molar-refractivity contribution in [2.45, 2.75) is 0 Å². The molecule has 0 fully saturated rings. The first-order valence-electron chi connectivity index (χ1n) is 2.71. The standard InChI is InChI=1S/C5H7N3O2/c1-7-3-6-4(9)8(2)5(7)10/h3H,1-2H3. The van der Waals surface area contributed by atoms with Gasteiger partial charge in [-0.1, -0.05) is 0 Å². The van der Waals surface area contributed by atoms with Gasteiger partial charge in [0.1, 0.15) is 6.33 Å². The van der Waals surface area contributed by atoms with E-state index in [1.54, 1.807) is 0 Å². The van der Waals surface area contributed by atoms with Gasteiger partial charge >= 0.3 is 11.4 Å². The Kier molecular flexibility index (Phi) is 1.41. The van der Waals surface area contributed by atoms with Crippen LogP contribution in [0.5, 0.6) is 0 Å². The normalized spacial score (nSPS) is 9.80. The number of aryl methyl sites for hydroxylation is 1. The molecule has 10 heavy (non-hydrogen) atoms. The van der Waals surface area contributed by atoms with Crippen molar-refractivity contribution in [3.63, 3.8) is 0 Å². The first-order chi connectivity index (χ1) is 4.63. The van der Waals surface area contributed by atoms with Crippen LogP contribution in [0.3, 0.4) is 0 Å². The third kappa shape index (κ3) is 0.854. The minimum atomic E-state index is -0.525. The molecule has 0 amide bonds. The predicted octanol–water partition coefficient (Wildman–Crippen LogP) is -1.52. The van der Waals surface area contributed by atoms with E-state index < -0.39 is 5.69 Å². The lowest BCUT2D eigenvalue weighted by Gasteiger charge is -1.96. The van der Waals surface area contributed by atoms with Crippen LogP contribution < -0.4 is 11.4 Å². The van der Waals surface area contributed by atoms with Crippen molar-refractivity contribution in [1.29, 1.82) is 0 Å². The number of hydrogen-bond acceptors (Lipinski definition) is 3. The fraction of sp³-hybridized carbons (Fsp3) is 0.400. The maximum atomic E-state index is 10.9. The molecule has 5 nitrogen and oxygen atoms in total. The van der Waals surface area contributed by atoms with Crippen molar-refractivity contribution in [3.8, 4) is 0 Å². The molecule has 0 aliphatic rings. The quantitative estimate of drug-likeness (QED) is 0.441. The van der Waals surface area contributed by atoms with Crippen LogP contribution in [-0.4, -0.2) is 14.1 Å². The fourth-order valence-corrected chi connectivity index (χ4v) is 0.590. The Labute approximate surface area is 56.6 Å². The maximum absolute atomic E-state index is 10.9. The summed E-state index contributed by atoms with van der Waals surface area (Å²) in [6.45, 7) is 0. The summed E-state index contributed by atoms with van der Waals surface area (Å²) in [5.41, 5.74) is -0.886. The summed E-state index contributed by atoms with van der Waals surface area (Å²) in [6, 6.07) is 0. The topological polar surface area (TPSA) is 56.9 Å². The fourth-order valence-electron chi connectivity index (χ4n) is 0.590. The van der Waals surface area contributed by atoms with Crippen LogP contribution in [0.4, 0.5) is 0 Å². The Hall–Kier alpha value is -1.39. The van der Waals surface area contributed by atoms with Crippen LogP contribution in [0.2, 0.25) is 0 Å². The monoisotopic (exact) mass is 141 g/mol. The third-order valence-electron chi connectivity index (χ3n) is 1.22. The molecule has 0 unspecified atom stereocenters. The molecule has 5 heteroatoms. The molecule has 0 bridgehead atoms. The molecule has 0 saturated carbocycles. The molecule has 1 rings (SSSR count). The van der Waals surface area contributed by atoms with Gasteiger partial charge in [-0.3, -0.25) is 4.57 Å². The van der Waals surface area contributed by atoms with Crippen LogP contribution in [0.25, 0.3) is 0 Å². The van der Waals surface area contributed by atoms with Crippen molar-refractivity contribution in [2.75, 3.05) is 0 Å². The molecule has 1 heterocycles. The van der Waals surface area contributed by atoms with Crippen molar-refractivity contribution < 1.29 is 0 Å². The second kappa shape index (κ2) is 2.09. The van der Waals surface area contributed by atoms with E-state index in [2.05, 4.69) is 4.98 Å². The molecule has 0 N–H and O–H groups in total. The minimum absolute atomic E-state index is 0.361. The molecule has 1 aromatic rings. The Bertz CT molecular complexity index is 349. The molecule has 0 atom stereocenters. The highest BCUT2D eigenvalue weighted by atomic mass is 16.2. The van der Waals surface area contributed by atoms with Gasteiger partial charge in [0.15, 0.2) is 0 Å². The van der Waals surface area contributed by atoms with Gasteiger partial charge in [-0.15, -0.1) is 0 Å². The molecular weight excluding hydrogens is 134 g/mol. The molecule has 0 radical (unpaired) electrons. The molecule has 0 aromatic carbocycles. The third-order valence-corrected chi connectivity index (χ3v) is 1.22. The Morgan fingerprint density at radius 2 is 2.00 bits per heavy atom. The Balaban J connectivity index is 3.66. The van der Waals surface area contributed by atoms with E-state index in [0.29, 0.717) is 0 Å². The van der Waals surface area contributed by atoms with Crippen LogP contribution in [-0.2, 0) is 14.1 Å². The van der Waals surface area contributed by atoms with Crippen molar-refractivity contribution in [3.05, 3.63) is 27.3 Å². The highest BCUT2D eigenvalue weighted by molar-refractivity contribution is 4.68. The molecular formula is C5H7N3O2. The highest BCUT2D eigenvalue weighted by Gasteiger charge is 1.95. The van der Waals surface area contributed by atoms with Gasteiger partial charge in [-0.05, 0) is 0 Å². The minimum Gasteiger partial charge on any atom is -0.287 e. The smallest absolute Gasteiger partial charge is 0.287 e. The molecule has 0 aliphatic carbocycles. The molecule has 0 saturated heterocycles. The van der Waals surface area contributed by atoms with Crippen molar-refractivity contribution in [1.82, 2.24) is 14.1 Å².